The van der Waals surface area contributed by atoms with E-state index in [0.29, 0.717) is 42.4 Å². The highest BCUT2D eigenvalue weighted by molar-refractivity contribution is 5.95. The van der Waals surface area contributed by atoms with E-state index in [4.69, 9.17) is 0 Å². The summed E-state index contributed by atoms with van der Waals surface area (Å²) in [5.41, 5.74) is 2.51. The van der Waals surface area contributed by atoms with Crippen LogP contribution in [0.25, 0.3) is 0 Å². The molecule has 0 saturated carbocycles. The molecule has 1 aliphatic rings. The summed E-state index contributed by atoms with van der Waals surface area (Å²) in [4.78, 5) is 39.2. The molecule has 1 atom stereocenters. The molecule has 32 heavy (non-hydrogen) atoms. The van der Waals surface area contributed by atoms with Crippen molar-refractivity contribution in [1.29, 1.82) is 0 Å². The van der Waals surface area contributed by atoms with Gasteiger partial charge in [-0.1, -0.05) is 20.8 Å². The van der Waals surface area contributed by atoms with Gasteiger partial charge in [-0.25, -0.2) is 9.97 Å². The summed E-state index contributed by atoms with van der Waals surface area (Å²) < 4.78 is 1.67. The molecule has 2 amide bonds. The lowest BCUT2D eigenvalue weighted by molar-refractivity contribution is 0.0587. The maximum atomic E-state index is 13.5. The maximum absolute atomic E-state index is 13.5. The summed E-state index contributed by atoms with van der Waals surface area (Å²) in [5, 5.41) is 4.57. The summed E-state index contributed by atoms with van der Waals surface area (Å²) >= 11 is 0. The van der Waals surface area contributed by atoms with Gasteiger partial charge in [0.25, 0.3) is 11.8 Å². The number of likely N-dealkylation sites (tertiary alicyclic amines) is 1. The molecule has 0 bridgehead atoms. The van der Waals surface area contributed by atoms with Crippen molar-refractivity contribution in [3.63, 3.8) is 0 Å². The van der Waals surface area contributed by atoms with Gasteiger partial charge in [0.2, 0.25) is 0 Å². The van der Waals surface area contributed by atoms with Crippen LogP contribution in [0.15, 0.2) is 12.3 Å². The molecule has 3 rings (SSSR count). The lowest BCUT2D eigenvalue weighted by Crippen LogP contribution is -2.40. The third-order valence-corrected chi connectivity index (χ3v) is 6.21. The lowest BCUT2D eigenvalue weighted by Gasteiger charge is -2.34. The molecular weight excluding hydrogens is 404 g/mol. The first-order chi connectivity index (χ1) is 15.1. The topological polar surface area (TPSA) is 84.2 Å². The fourth-order valence-electron chi connectivity index (χ4n) is 4.16. The quantitative estimate of drug-likeness (QED) is 0.708. The van der Waals surface area contributed by atoms with Crippen molar-refractivity contribution < 1.29 is 9.59 Å². The number of rotatable bonds is 5. The molecule has 0 aromatic carbocycles. The van der Waals surface area contributed by atoms with E-state index in [0.717, 1.165) is 25.0 Å². The van der Waals surface area contributed by atoms with Gasteiger partial charge in [-0.3, -0.25) is 14.3 Å². The Kier molecular flexibility index (Phi) is 7.00. The standard InChI is InChI=1S/C24H36N6O2/c1-8-29(9-2)22(31)17-15-25-21(26-16(17)3)18-12-10-11-13-30(18)23(32)19-14-20(24(4,5)6)27-28(19)7/h14-15,18H,8-13H2,1-7H3/t18-/m0/s1. The molecule has 0 N–H and O–H groups in total. The zero-order chi connectivity index (χ0) is 23.6. The molecule has 2 aromatic rings. The third kappa shape index (κ3) is 4.69. The van der Waals surface area contributed by atoms with Crippen molar-refractivity contribution in [2.45, 2.75) is 72.3 Å². The Morgan fingerprint density at radius 2 is 1.88 bits per heavy atom. The zero-order valence-corrected chi connectivity index (χ0v) is 20.5. The molecular formula is C24H36N6O2. The van der Waals surface area contributed by atoms with Gasteiger partial charge in [0.15, 0.2) is 5.82 Å². The second-order valence-corrected chi connectivity index (χ2v) is 9.50. The summed E-state index contributed by atoms with van der Waals surface area (Å²) in [5.74, 6) is 0.495. The molecule has 174 valence electrons. The Hall–Kier alpha value is -2.77. The van der Waals surface area contributed by atoms with Crippen LogP contribution in [0.2, 0.25) is 0 Å². The molecule has 2 aromatic heterocycles. The largest absolute Gasteiger partial charge is 0.339 e. The Bertz CT molecular complexity index is 987. The summed E-state index contributed by atoms with van der Waals surface area (Å²) in [7, 11) is 1.82. The van der Waals surface area contributed by atoms with Gasteiger partial charge in [-0.15, -0.1) is 0 Å². The van der Waals surface area contributed by atoms with Gasteiger partial charge in [0.1, 0.15) is 5.69 Å². The highest BCUT2D eigenvalue weighted by Crippen LogP contribution is 2.31. The summed E-state index contributed by atoms with van der Waals surface area (Å²) in [6, 6.07) is 1.69. The second kappa shape index (κ2) is 9.38. The monoisotopic (exact) mass is 440 g/mol. The predicted octanol–water partition coefficient (Wildman–Crippen LogP) is 3.67. The summed E-state index contributed by atoms with van der Waals surface area (Å²) in [6.45, 7) is 14.0. The van der Waals surface area contributed by atoms with E-state index in [1.165, 1.54) is 0 Å². The maximum Gasteiger partial charge on any atom is 0.272 e. The first kappa shape index (κ1) is 23.9. The van der Waals surface area contributed by atoms with Crippen LogP contribution >= 0.6 is 0 Å². The normalized spacial score (nSPS) is 16.8. The van der Waals surface area contributed by atoms with Crippen LogP contribution in [0.3, 0.4) is 0 Å². The third-order valence-electron chi connectivity index (χ3n) is 6.21. The second-order valence-electron chi connectivity index (χ2n) is 9.50. The molecule has 1 saturated heterocycles. The fraction of sp³-hybridized carbons (Fsp3) is 0.625. The van der Waals surface area contributed by atoms with E-state index >= 15 is 0 Å². The molecule has 1 fully saturated rings. The van der Waals surface area contributed by atoms with Crippen molar-refractivity contribution in [1.82, 2.24) is 29.5 Å². The van der Waals surface area contributed by atoms with Crippen LogP contribution in [0, 0.1) is 6.92 Å². The number of aromatic nitrogens is 4. The average molecular weight is 441 g/mol. The van der Waals surface area contributed by atoms with E-state index in [9.17, 15) is 9.59 Å². The zero-order valence-electron chi connectivity index (χ0n) is 20.5. The Morgan fingerprint density at radius 1 is 1.19 bits per heavy atom. The van der Waals surface area contributed by atoms with Gasteiger partial charge in [-0.05, 0) is 46.1 Å². The molecule has 0 radical (unpaired) electrons. The lowest BCUT2D eigenvalue weighted by atomic mass is 9.92. The van der Waals surface area contributed by atoms with E-state index in [-0.39, 0.29) is 23.3 Å². The highest BCUT2D eigenvalue weighted by Gasteiger charge is 2.33. The first-order valence-electron chi connectivity index (χ1n) is 11.6. The molecule has 0 unspecified atom stereocenters. The van der Waals surface area contributed by atoms with Crippen LogP contribution in [-0.2, 0) is 12.5 Å². The molecule has 0 spiro atoms. The highest BCUT2D eigenvalue weighted by atomic mass is 16.2. The van der Waals surface area contributed by atoms with E-state index in [1.807, 2.05) is 38.8 Å². The van der Waals surface area contributed by atoms with Crippen LogP contribution in [0.4, 0.5) is 0 Å². The molecule has 0 aliphatic carbocycles. The number of carbonyl (C=O) groups excluding carboxylic acids is 2. The van der Waals surface area contributed by atoms with Gasteiger partial charge in [-0.2, -0.15) is 5.10 Å². The van der Waals surface area contributed by atoms with Crippen LogP contribution in [-0.4, -0.2) is 61.0 Å². The molecule has 1 aliphatic heterocycles. The Balaban J connectivity index is 1.90. The number of aryl methyl sites for hydroxylation is 2. The van der Waals surface area contributed by atoms with Crippen molar-refractivity contribution in [3.05, 3.63) is 40.7 Å². The first-order valence-corrected chi connectivity index (χ1v) is 11.6. The Labute approximate surface area is 191 Å². The number of carbonyl (C=O) groups is 2. The number of nitrogens with zero attached hydrogens (tertiary/aromatic N) is 6. The Morgan fingerprint density at radius 3 is 2.44 bits per heavy atom. The van der Waals surface area contributed by atoms with Crippen molar-refractivity contribution in [2.75, 3.05) is 19.6 Å². The summed E-state index contributed by atoms with van der Waals surface area (Å²) in [6.07, 6.45) is 4.38. The molecule has 8 nitrogen and oxygen atoms in total. The minimum atomic E-state index is -0.208. The van der Waals surface area contributed by atoms with Gasteiger partial charge in [0, 0.05) is 38.3 Å². The minimum Gasteiger partial charge on any atom is -0.339 e. The number of hydrogen-bond acceptors (Lipinski definition) is 5. The van der Waals surface area contributed by atoms with E-state index in [2.05, 4.69) is 35.8 Å². The number of piperidine rings is 1. The van der Waals surface area contributed by atoms with E-state index in [1.54, 1.807) is 15.8 Å². The minimum absolute atomic E-state index is 0.0512. The predicted molar refractivity (Wildman–Crippen MR) is 124 cm³/mol. The van der Waals surface area contributed by atoms with Crippen LogP contribution in [0.1, 0.15) is 98.0 Å². The number of amides is 2. The van der Waals surface area contributed by atoms with Crippen molar-refractivity contribution in [2.24, 2.45) is 7.05 Å². The van der Waals surface area contributed by atoms with Crippen LogP contribution < -0.4 is 0 Å². The average Bonchev–Trinajstić information content (AvgIpc) is 3.16. The van der Waals surface area contributed by atoms with Gasteiger partial charge >= 0.3 is 0 Å². The van der Waals surface area contributed by atoms with Crippen molar-refractivity contribution >= 4 is 11.8 Å². The van der Waals surface area contributed by atoms with Crippen LogP contribution in [0.5, 0.6) is 0 Å². The van der Waals surface area contributed by atoms with Crippen molar-refractivity contribution in [3.8, 4) is 0 Å². The van der Waals surface area contributed by atoms with Gasteiger partial charge in [0.05, 0.1) is 23.0 Å². The van der Waals surface area contributed by atoms with Gasteiger partial charge < -0.3 is 9.80 Å². The SMILES string of the molecule is CCN(CC)C(=O)c1cnc([C@@H]2CCCCN2C(=O)c2cc(C(C)(C)C)nn2C)nc1C. The van der Waals surface area contributed by atoms with E-state index < -0.39 is 0 Å². The molecule has 3 heterocycles. The fourth-order valence-corrected chi connectivity index (χ4v) is 4.16. The molecule has 8 heteroatoms. The smallest absolute Gasteiger partial charge is 0.272 e. The number of hydrogen-bond donors (Lipinski definition) is 0.